The highest BCUT2D eigenvalue weighted by Crippen LogP contribution is 2.29. The number of halogens is 2. The van der Waals surface area contributed by atoms with Gasteiger partial charge in [-0.1, -0.05) is 35.3 Å². The van der Waals surface area contributed by atoms with Crippen LogP contribution in [0.4, 0.5) is 11.4 Å². The van der Waals surface area contributed by atoms with E-state index in [-0.39, 0.29) is 11.9 Å². The van der Waals surface area contributed by atoms with Crippen LogP contribution in [-0.4, -0.2) is 49.6 Å². The fraction of sp³-hybridized carbons (Fsp3) is 0.381. The number of hydrogen-bond acceptors (Lipinski definition) is 4. The van der Waals surface area contributed by atoms with Crippen LogP contribution in [0.3, 0.4) is 0 Å². The SMILES string of the molecule is CCOc1ccccc1N1CCN([C@@H](C)C(=O)Nc2cc(Cl)ccc2Cl)CC1. The molecule has 0 radical (unpaired) electrons. The van der Waals surface area contributed by atoms with Crippen LogP contribution in [0, 0.1) is 0 Å². The molecule has 3 rings (SSSR count). The summed E-state index contributed by atoms with van der Waals surface area (Å²) in [5.41, 5.74) is 1.64. The van der Waals surface area contributed by atoms with Crippen molar-refractivity contribution in [1.29, 1.82) is 0 Å². The number of piperazine rings is 1. The smallest absolute Gasteiger partial charge is 0.241 e. The lowest BCUT2D eigenvalue weighted by molar-refractivity contribution is -0.120. The largest absolute Gasteiger partial charge is 0.492 e. The van der Waals surface area contributed by atoms with Gasteiger partial charge in [0.25, 0.3) is 0 Å². The zero-order valence-electron chi connectivity index (χ0n) is 16.1. The molecule has 0 spiro atoms. The maximum absolute atomic E-state index is 12.7. The second-order valence-corrected chi connectivity index (χ2v) is 7.56. The Hall–Kier alpha value is -1.95. The third-order valence-corrected chi connectivity index (χ3v) is 5.50. The van der Waals surface area contributed by atoms with E-state index in [0.717, 1.165) is 37.6 Å². The Balaban J connectivity index is 1.60. The maximum atomic E-state index is 12.7. The van der Waals surface area contributed by atoms with Gasteiger partial charge in [-0.25, -0.2) is 0 Å². The number of rotatable bonds is 6. The molecular formula is C21H25Cl2N3O2. The molecule has 0 saturated carbocycles. The Kier molecular flexibility index (Phi) is 7.05. The van der Waals surface area contributed by atoms with Gasteiger partial charge in [0.1, 0.15) is 5.75 Å². The summed E-state index contributed by atoms with van der Waals surface area (Å²) in [4.78, 5) is 17.2. The lowest BCUT2D eigenvalue weighted by Crippen LogP contribution is -2.52. The highest BCUT2D eigenvalue weighted by Gasteiger charge is 2.27. The molecule has 150 valence electrons. The van der Waals surface area contributed by atoms with E-state index in [2.05, 4.69) is 21.2 Å². The summed E-state index contributed by atoms with van der Waals surface area (Å²) in [5.74, 6) is 0.812. The summed E-state index contributed by atoms with van der Waals surface area (Å²) in [6.45, 7) is 7.79. The molecule has 0 unspecified atom stereocenters. The second kappa shape index (κ2) is 9.50. The van der Waals surface area contributed by atoms with Crippen LogP contribution in [-0.2, 0) is 4.79 Å². The number of carbonyl (C=O) groups excluding carboxylic acids is 1. The van der Waals surface area contributed by atoms with E-state index in [1.165, 1.54) is 0 Å². The van der Waals surface area contributed by atoms with E-state index in [1.54, 1.807) is 18.2 Å². The van der Waals surface area contributed by atoms with E-state index < -0.39 is 0 Å². The molecule has 2 aromatic rings. The molecule has 0 aromatic heterocycles. The molecule has 1 aliphatic heterocycles. The number of hydrogen-bond donors (Lipinski definition) is 1. The minimum absolute atomic E-state index is 0.0904. The first-order valence-corrected chi connectivity index (χ1v) is 10.2. The first kappa shape index (κ1) is 20.8. The van der Waals surface area contributed by atoms with Gasteiger partial charge in [0.15, 0.2) is 0 Å². The molecule has 1 atom stereocenters. The van der Waals surface area contributed by atoms with Crippen molar-refractivity contribution in [3.63, 3.8) is 0 Å². The second-order valence-electron chi connectivity index (χ2n) is 6.71. The Morgan fingerprint density at radius 3 is 2.57 bits per heavy atom. The van der Waals surface area contributed by atoms with Crippen LogP contribution in [0.5, 0.6) is 5.75 Å². The molecule has 1 fully saturated rings. The van der Waals surface area contributed by atoms with Crippen molar-refractivity contribution in [3.05, 3.63) is 52.5 Å². The zero-order valence-corrected chi connectivity index (χ0v) is 17.6. The summed E-state index contributed by atoms with van der Waals surface area (Å²) < 4.78 is 5.75. The summed E-state index contributed by atoms with van der Waals surface area (Å²) >= 11 is 12.2. The fourth-order valence-corrected chi connectivity index (χ4v) is 3.68. The average Bonchev–Trinajstić information content (AvgIpc) is 2.71. The number of ether oxygens (including phenoxy) is 1. The number of nitrogens with one attached hydrogen (secondary N) is 1. The van der Waals surface area contributed by atoms with Crippen LogP contribution >= 0.6 is 23.2 Å². The number of para-hydroxylation sites is 2. The van der Waals surface area contributed by atoms with Crippen molar-refractivity contribution in [3.8, 4) is 5.75 Å². The van der Waals surface area contributed by atoms with Crippen molar-refractivity contribution < 1.29 is 9.53 Å². The van der Waals surface area contributed by atoms with Crippen LogP contribution in [0.15, 0.2) is 42.5 Å². The van der Waals surface area contributed by atoms with E-state index in [9.17, 15) is 4.79 Å². The monoisotopic (exact) mass is 421 g/mol. The van der Waals surface area contributed by atoms with Gasteiger partial charge < -0.3 is 15.0 Å². The minimum Gasteiger partial charge on any atom is -0.492 e. The molecule has 0 aliphatic carbocycles. The van der Waals surface area contributed by atoms with Gasteiger partial charge in [-0.2, -0.15) is 0 Å². The number of carbonyl (C=O) groups is 1. The Bertz CT molecular complexity index is 823. The normalized spacial score (nSPS) is 15.9. The molecule has 28 heavy (non-hydrogen) atoms. The molecule has 2 aromatic carbocycles. The topological polar surface area (TPSA) is 44.8 Å². The quantitative estimate of drug-likeness (QED) is 0.743. The molecule has 1 heterocycles. The molecule has 7 heteroatoms. The molecule has 5 nitrogen and oxygen atoms in total. The highest BCUT2D eigenvalue weighted by molar-refractivity contribution is 6.35. The number of nitrogens with zero attached hydrogens (tertiary/aromatic N) is 2. The molecule has 1 saturated heterocycles. The predicted octanol–water partition coefficient (Wildman–Crippen LogP) is 4.54. The van der Waals surface area contributed by atoms with Crippen molar-refractivity contribution in [2.75, 3.05) is 43.0 Å². The maximum Gasteiger partial charge on any atom is 0.241 e. The van der Waals surface area contributed by atoms with E-state index in [1.807, 2.05) is 32.0 Å². The highest BCUT2D eigenvalue weighted by atomic mass is 35.5. The van der Waals surface area contributed by atoms with Gasteiger partial charge in [-0.05, 0) is 44.2 Å². The van der Waals surface area contributed by atoms with E-state index in [0.29, 0.717) is 22.3 Å². The lowest BCUT2D eigenvalue weighted by atomic mass is 10.2. The third kappa shape index (κ3) is 4.90. The Labute approximate surface area is 176 Å². The summed E-state index contributed by atoms with van der Waals surface area (Å²) in [6, 6.07) is 12.9. The predicted molar refractivity (Wildman–Crippen MR) is 116 cm³/mol. The van der Waals surface area contributed by atoms with Crippen molar-refractivity contribution >= 4 is 40.5 Å². The number of amides is 1. The summed E-state index contributed by atoms with van der Waals surface area (Å²) in [6.07, 6.45) is 0. The van der Waals surface area contributed by atoms with Crippen molar-refractivity contribution in [1.82, 2.24) is 4.90 Å². The Morgan fingerprint density at radius 2 is 1.86 bits per heavy atom. The zero-order chi connectivity index (χ0) is 20.1. The van der Waals surface area contributed by atoms with Crippen molar-refractivity contribution in [2.24, 2.45) is 0 Å². The van der Waals surface area contributed by atoms with Gasteiger partial charge in [0, 0.05) is 31.2 Å². The van der Waals surface area contributed by atoms with Crippen molar-refractivity contribution in [2.45, 2.75) is 19.9 Å². The summed E-state index contributed by atoms with van der Waals surface area (Å²) in [7, 11) is 0. The first-order chi connectivity index (χ1) is 13.5. The van der Waals surface area contributed by atoms with Gasteiger partial charge in [0.2, 0.25) is 5.91 Å². The van der Waals surface area contributed by atoms with Gasteiger partial charge >= 0.3 is 0 Å². The van der Waals surface area contributed by atoms with Gasteiger partial charge in [-0.3, -0.25) is 9.69 Å². The van der Waals surface area contributed by atoms with Gasteiger partial charge in [0.05, 0.1) is 29.0 Å². The van der Waals surface area contributed by atoms with E-state index >= 15 is 0 Å². The summed E-state index contributed by atoms with van der Waals surface area (Å²) in [5, 5.41) is 3.90. The van der Waals surface area contributed by atoms with E-state index in [4.69, 9.17) is 27.9 Å². The Morgan fingerprint density at radius 1 is 1.14 bits per heavy atom. The lowest BCUT2D eigenvalue weighted by Gasteiger charge is -2.39. The molecule has 1 N–H and O–H groups in total. The van der Waals surface area contributed by atoms with Crippen LogP contribution in [0.1, 0.15) is 13.8 Å². The first-order valence-electron chi connectivity index (χ1n) is 9.46. The third-order valence-electron chi connectivity index (χ3n) is 4.93. The molecule has 0 bridgehead atoms. The number of anilines is 2. The fourth-order valence-electron chi connectivity index (χ4n) is 3.34. The van der Waals surface area contributed by atoms with Crippen LogP contribution in [0.25, 0.3) is 0 Å². The molecule has 1 amide bonds. The average molecular weight is 422 g/mol. The molecular weight excluding hydrogens is 397 g/mol. The standard InChI is InChI=1S/C21H25Cl2N3O2/c1-3-28-20-7-5-4-6-19(20)26-12-10-25(11-13-26)15(2)21(27)24-18-14-16(22)8-9-17(18)23/h4-9,14-15H,3,10-13H2,1-2H3,(H,24,27)/t15-/m0/s1. The molecule has 1 aliphatic rings. The van der Waals surface area contributed by atoms with Crippen LogP contribution in [0.2, 0.25) is 10.0 Å². The van der Waals surface area contributed by atoms with Gasteiger partial charge in [-0.15, -0.1) is 0 Å². The minimum atomic E-state index is -0.265. The van der Waals surface area contributed by atoms with Crippen LogP contribution < -0.4 is 15.0 Å². The number of benzene rings is 2.